The van der Waals surface area contributed by atoms with Crippen molar-refractivity contribution in [3.05, 3.63) is 258 Å². The third-order valence-electron chi connectivity index (χ3n) is 14.4. The van der Waals surface area contributed by atoms with Gasteiger partial charge in [-0.15, -0.1) is 0 Å². The zero-order chi connectivity index (χ0) is 43.5. The van der Waals surface area contributed by atoms with Gasteiger partial charge in [0.05, 0.1) is 11.1 Å². The molecule has 0 bridgehead atoms. The molecule has 0 saturated heterocycles. The summed E-state index contributed by atoms with van der Waals surface area (Å²) in [4.78, 5) is 2.52. The molecule has 9 aromatic rings. The fourth-order valence-electron chi connectivity index (χ4n) is 11.1. The molecule has 0 spiro atoms. The largest absolute Gasteiger partial charge is 0.310 e. The molecule has 0 N–H and O–H groups in total. The molecule has 0 heterocycles. The van der Waals surface area contributed by atoms with Crippen LogP contribution in [0.3, 0.4) is 0 Å². The van der Waals surface area contributed by atoms with Gasteiger partial charge in [-0.05, 0) is 132 Å². The first-order valence-corrected chi connectivity index (χ1v) is 22.9. The summed E-state index contributed by atoms with van der Waals surface area (Å²) in [7, 11) is 0. The molecule has 1 nitrogen and oxygen atoms in total. The van der Waals surface area contributed by atoms with E-state index in [9.17, 15) is 0 Å². The van der Waals surface area contributed by atoms with Crippen molar-refractivity contribution in [2.45, 2.75) is 56.8 Å². The number of rotatable bonds is 8. The van der Waals surface area contributed by atoms with Crippen molar-refractivity contribution < 1.29 is 0 Å². The van der Waals surface area contributed by atoms with Crippen LogP contribution < -0.4 is 4.90 Å². The zero-order valence-electron chi connectivity index (χ0n) is 37.2. The van der Waals surface area contributed by atoms with Gasteiger partial charge in [-0.1, -0.05) is 216 Å². The van der Waals surface area contributed by atoms with Gasteiger partial charge in [-0.3, -0.25) is 0 Å². The van der Waals surface area contributed by atoms with Gasteiger partial charge in [0.25, 0.3) is 0 Å². The second kappa shape index (κ2) is 15.5. The Morgan fingerprint density at radius 2 is 0.781 bits per heavy atom. The Kier molecular flexibility index (Phi) is 9.62. The van der Waals surface area contributed by atoms with Crippen LogP contribution in [0.25, 0.3) is 44.5 Å². The highest BCUT2D eigenvalue weighted by molar-refractivity contribution is 5.97. The van der Waals surface area contributed by atoms with Crippen LogP contribution >= 0.6 is 0 Å². The zero-order valence-corrected chi connectivity index (χ0v) is 37.2. The van der Waals surface area contributed by atoms with Gasteiger partial charge in [0.15, 0.2) is 0 Å². The normalized spacial score (nSPS) is 15.1. The number of hydrogen-bond acceptors (Lipinski definition) is 1. The highest BCUT2D eigenvalue weighted by Gasteiger charge is 2.47. The number of fused-ring (bicyclic) bond motifs is 4. The number of benzene rings is 9. The van der Waals surface area contributed by atoms with Gasteiger partial charge in [-0.25, -0.2) is 0 Å². The van der Waals surface area contributed by atoms with E-state index in [0.29, 0.717) is 0 Å². The summed E-state index contributed by atoms with van der Waals surface area (Å²) in [6.45, 7) is 9.79. The van der Waals surface area contributed by atoms with E-state index in [1.807, 2.05) is 0 Å². The molecule has 0 fully saturated rings. The minimum atomic E-state index is -0.544. The maximum Gasteiger partial charge on any atom is 0.0714 e. The molecule has 0 unspecified atom stereocenters. The van der Waals surface area contributed by atoms with Crippen molar-refractivity contribution in [3.8, 4) is 44.5 Å². The van der Waals surface area contributed by atoms with Crippen molar-refractivity contribution in [2.24, 2.45) is 0 Å². The first-order valence-electron chi connectivity index (χ1n) is 22.9. The summed E-state index contributed by atoms with van der Waals surface area (Å²) in [6.07, 6.45) is 2.30. The first kappa shape index (κ1) is 39.6. The van der Waals surface area contributed by atoms with Gasteiger partial charge in [-0.2, -0.15) is 0 Å². The Bertz CT molecular complexity index is 3070. The van der Waals surface area contributed by atoms with E-state index in [4.69, 9.17) is 0 Å². The number of hydrogen-bond donors (Lipinski definition) is 0. The van der Waals surface area contributed by atoms with Crippen LogP contribution in [0.5, 0.6) is 0 Å². The van der Waals surface area contributed by atoms with E-state index in [1.54, 1.807) is 0 Å². The summed E-state index contributed by atoms with van der Waals surface area (Å²) >= 11 is 0. The van der Waals surface area contributed by atoms with Crippen LogP contribution in [0.1, 0.15) is 73.9 Å². The van der Waals surface area contributed by atoms with E-state index >= 15 is 0 Å². The number of nitrogens with zero attached hydrogens (tertiary/aromatic N) is 1. The fourth-order valence-corrected chi connectivity index (χ4v) is 11.1. The van der Waals surface area contributed by atoms with Crippen molar-refractivity contribution in [2.75, 3.05) is 4.90 Å². The third-order valence-corrected chi connectivity index (χ3v) is 14.4. The Morgan fingerprint density at radius 1 is 0.328 bits per heavy atom. The van der Waals surface area contributed by atoms with Crippen LogP contribution in [0.15, 0.2) is 224 Å². The molecule has 2 aliphatic rings. The first-order chi connectivity index (χ1) is 31.2. The minimum absolute atomic E-state index is 0.0112. The topological polar surface area (TPSA) is 3.24 Å². The summed E-state index contributed by atoms with van der Waals surface area (Å²) in [5, 5.41) is 0. The predicted molar refractivity (Wildman–Crippen MR) is 270 cm³/mol. The molecule has 9 aromatic carbocycles. The van der Waals surface area contributed by atoms with Gasteiger partial charge in [0.1, 0.15) is 0 Å². The molecule has 64 heavy (non-hydrogen) atoms. The molecule has 0 atom stereocenters. The van der Waals surface area contributed by atoms with Crippen molar-refractivity contribution >= 4 is 17.1 Å². The molecular formula is C63H53N. The van der Waals surface area contributed by atoms with Crippen LogP contribution in [0.2, 0.25) is 0 Å². The highest BCUT2D eigenvalue weighted by Crippen LogP contribution is 2.60. The fraction of sp³-hybridized carbons (Fsp3) is 0.143. The lowest BCUT2D eigenvalue weighted by atomic mass is 9.61. The minimum Gasteiger partial charge on any atom is -0.310 e. The molecule has 0 radical (unpaired) electrons. The van der Waals surface area contributed by atoms with E-state index in [1.165, 1.54) is 83.6 Å². The standard InChI is InChI=1S/C63H53N/c1-61(2)40-41-62(3,4)60-53(29-19-31-57(60)61)55-42-54-52-28-17-18-30-56(52)63(48-22-11-6-12-23-48,49-24-13-7-14-25-49)58(54)43-59(55)64(50-26-15-8-16-27-50)51-38-36-47(37-39-51)46-34-32-45(33-35-46)44-20-9-5-10-21-44/h5-39,42-43H,40-41H2,1-4H3. The van der Waals surface area contributed by atoms with Gasteiger partial charge >= 0.3 is 0 Å². The lowest BCUT2D eigenvalue weighted by Gasteiger charge is -2.43. The summed E-state index contributed by atoms with van der Waals surface area (Å²) < 4.78 is 0. The Hall–Kier alpha value is -7.22. The van der Waals surface area contributed by atoms with Crippen LogP contribution in [0.4, 0.5) is 17.1 Å². The Labute approximate surface area is 379 Å². The lowest BCUT2D eigenvalue weighted by Crippen LogP contribution is -2.34. The molecule has 2 aliphatic carbocycles. The SMILES string of the molecule is CC1(C)CCC(C)(C)c2c(-c3cc4c(cc3N(c3ccccc3)c3ccc(-c5ccc(-c6ccccc6)cc5)cc3)C(c3ccccc3)(c3ccccc3)c3ccccc3-4)cccc21. The molecule has 0 aromatic heterocycles. The number of para-hydroxylation sites is 1. The maximum absolute atomic E-state index is 2.56. The maximum atomic E-state index is 2.56. The molecule has 1 heteroatoms. The van der Waals surface area contributed by atoms with Gasteiger partial charge < -0.3 is 4.90 Å². The van der Waals surface area contributed by atoms with E-state index < -0.39 is 5.41 Å². The van der Waals surface area contributed by atoms with E-state index in [2.05, 4.69) is 257 Å². The number of anilines is 3. The van der Waals surface area contributed by atoms with Crippen molar-refractivity contribution in [1.29, 1.82) is 0 Å². The van der Waals surface area contributed by atoms with Crippen LogP contribution in [-0.4, -0.2) is 0 Å². The molecule has 310 valence electrons. The molecule has 0 saturated carbocycles. The monoisotopic (exact) mass is 823 g/mol. The predicted octanol–water partition coefficient (Wildman–Crippen LogP) is 16.9. The van der Waals surface area contributed by atoms with Crippen molar-refractivity contribution in [3.63, 3.8) is 0 Å². The third kappa shape index (κ3) is 6.45. The average Bonchev–Trinajstić information content (AvgIpc) is 3.64. The lowest BCUT2D eigenvalue weighted by molar-refractivity contribution is 0.333. The Morgan fingerprint density at radius 3 is 1.39 bits per heavy atom. The molecule has 0 amide bonds. The second-order valence-electron chi connectivity index (χ2n) is 19.1. The second-order valence-corrected chi connectivity index (χ2v) is 19.1. The highest BCUT2D eigenvalue weighted by atomic mass is 15.1. The molecular weight excluding hydrogens is 771 g/mol. The van der Waals surface area contributed by atoms with Crippen LogP contribution in [-0.2, 0) is 16.2 Å². The quantitative estimate of drug-likeness (QED) is 0.148. The summed E-state index contributed by atoms with van der Waals surface area (Å²) in [5.74, 6) is 0. The summed E-state index contributed by atoms with van der Waals surface area (Å²) in [6, 6.07) is 83.5. The smallest absolute Gasteiger partial charge is 0.0714 e. The summed E-state index contributed by atoms with van der Waals surface area (Å²) in [5.41, 5.74) is 21.0. The Balaban J connectivity index is 1.19. The average molecular weight is 824 g/mol. The van der Waals surface area contributed by atoms with Gasteiger partial charge in [0, 0.05) is 16.9 Å². The molecule has 11 rings (SSSR count). The van der Waals surface area contributed by atoms with Gasteiger partial charge in [0.2, 0.25) is 0 Å². The van der Waals surface area contributed by atoms with E-state index in [-0.39, 0.29) is 10.8 Å². The molecule has 0 aliphatic heterocycles. The van der Waals surface area contributed by atoms with Crippen molar-refractivity contribution in [1.82, 2.24) is 0 Å². The van der Waals surface area contributed by atoms with Crippen LogP contribution in [0, 0.1) is 0 Å². The van der Waals surface area contributed by atoms with E-state index in [0.717, 1.165) is 24.2 Å².